The van der Waals surface area contributed by atoms with Crippen LogP contribution in [0.5, 0.6) is 0 Å². The van der Waals surface area contributed by atoms with Gasteiger partial charge in [0.1, 0.15) is 12.3 Å². The van der Waals surface area contributed by atoms with Crippen LogP contribution in [0.2, 0.25) is 0 Å². The van der Waals surface area contributed by atoms with Gasteiger partial charge in [0.25, 0.3) is 0 Å². The van der Waals surface area contributed by atoms with Gasteiger partial charge >= 0.3 is 12.2 Å². The fourth-order valence-electron chi connectivity index (χ4n) is 1.78. The topological polar surface area (TPSA) is 63.5 Å². The first-order valence-electron chi connectivity index (χ1n) is 6.23. The summed E-state index contributed by atoms with van der Waals surface area (Å²) in [6.07, 6.45) is -4.50. The van der Waals surface area contributed by atoms with Crippen molar-refractivity contribution in [2.45, 2.75) is 19.6 Å². The molecular formula is C13H12F3N3O2S. The molecule has 0 aliphatic heterocycles. The van der Waals surface area contributed by atoms with E-state index in [0.29, 0.717) is 5.52 Å². The number of fused-ring (bicyclic) bond motifs is 1. The zero-order chi connectivity index (χ0) is 16.3. The van der Waals surface area contributed by atoms with Gasteiger partial charge in [0.05, 0.1) is 16.8 Å². The van der Waals surface area contributed by atoms with Gasteiger partial charge in [-0.2, -0.15) is 18.2 Å². The number of amides is 2. The Morgan fingerprint density at radius 1 is 1.32 bits per heavy atom. The minimum absolute atomic E-state index is 0.00457. The number of aromatic nitrogens is 1. The maximum Gasteiger partial charge on any atom is 0.405 e. The Bertz CT molecular complexity index is 777. The molecule has 0 spiro atoms. The molecule has 2 amide bonds. The fraction of sp³-hybridized carbons (Fsp3) is 0.308. The summed E-state index contributed by atoms with van der Waals surface area (Å²) in [6.45, 7) is -0.0741. The minimum Gasteiger partial charge on any atom is -0.327 e. The lowest BCUT2D eigenvalue weighted by molar-refractivity contribution is -0.122. The Morgan fingerprint density at radius 3 is 2.64 bits per heavy atom. The van der Waals surface area contributed by atoms with E-state index in [9.17, 15) is 22.8 Å². The summed E-state index contributed by atoms with van der Waals surface area (Å²) in [5.74, 6) is -0.152. The average Bonchev–Trinajstić information content (AvgIpc) is 2.73. The Morgan fingerprint density at radius 2 is 2.00 bits per heavy atom. The van der Waals surface area contributed by atoms with Crippen LogP contribution in [0.15, 0.2) is 29.3 Å². The first kappa shape index (κ1) is 16.2. The second kappa shape index (κ2) is 6.30. The number of hydrogen-bond donors (Lipinski definition) is 1. The summed E-state index contributed by atoms with van der Waals surface area (Å²) in [4.78, 5) is 26.7. The number of carbonyl (C=O) groups excluding carboxylic acids is 2. The number of urea groups is 1. The Kier molecular flexibility index (Phi) is 4.65. The quantitative estimate of drug-likeness (QED) is 0.939. The van der Waals surface area contributed by atoms with E-state index in [1.165, 1.54) is 11.5 Å². The van der Waals surface area contributed by atoms with Crippen molar-refractivity contribution in [1.29, 1.82) is 0 Å². The molecule has 1 aromatic heterocycles. The molecule has 9 heteroatoms. The van der Waals surface area contributed by atoms with Crippen LogP contribution in [0, 0.1) is 0 Å². The number of halogens is 3. The Labute approximate surface area is 127 Å². The number of ketones is 1. The van der Waals surface area contributed by atoms with Gasteiger partial charge in [-0.05, 0) is 19.1 Å². The zero-order valence-electron chi connectivity index (χ0n) is 11.5. The third-order valence-electron chi connectivity index (χ3n) is 2.61. The maximum atomic E-state index is 12.1. The maximum absolute atomic E-state index is 12.1. The number of nitrogens with one attached hydrogen (secondary N) is 1. The van der Waals surface area contributed by atoms with E-state index < -0.39 is 18.8 Å². The van der Waals surface area contributed by atoms with Crippen molar-refractivity contribution in [2.75, 3.05) is 6.54 Å². The van der Waals surface area contributed by atoms with Crippen LogP contribution in [0.4, 0.5) is 18.0 Å². The van der Waals surface area contributed by atoms with Gasteiger partial charge in [0.2, 0.25) is 0 Å². The first-order chi connectivity index (χ1) is 10.3. The Balaban J connectivity index is 2.38. The molecular weight excluding hydrogens is 319 g/mol. The van der Waals surface area contributed by atoms with Crippen LogP contribution in [0.1, 0.15) is 6.92 Å². The van der Waals surface area contributed by atoms with Crippen LogP contribution in [-0.4, -0.2) is 29.1 Å². The summed E-state index contributed by atoms with van der Waals surface area (Å²) in [7, 11) is 0. The average molecular weight is 331 g/mol. The highest BCUT2D eigenvalue weighted by Gasteiger charge is 2.27. The van der Waals surface area contributed by atoms with Gasteiger partial charge in [-0.15, -0.1) is 0 Å². The zero-order valence-corrected chi connectivity index (χ0v) is 12.3. The molecule has 1 aromatic carbocycles. The van der Waals surface area contributed by atoms with Gasteiger partial charge in [-0.25, -0.2) is 4.79 Å². The van der Waals surface area contributed by atoms with E-state index in [1.54, 1.807) is 29.6 Å². The molecule has 22 heavy (non-hydrogen) atoms. The van der Waals surface area contributed by atoms with E-state index >= 15 is 0 Å². The van der Waals surface area contributed by atoms with E-state index in [2.05, 4.69) is 4.99 Å². The predicted molar refractivity (Wildman–Crippen MR) is 75.5 cm³/mol. The summed E-state index contributed by atoms with van der Waals surface area (Å²) in [5, 5.41) is 1.67. The monoisotopic (exact) mass is 331 g/mol. The van der Waals surface area contributed by atoms with E-state index in [-0.39, 0.29) is 17.1 Å². The number of alkyl halides is 3. The van der Waals surface area contributed by atoms with Crippen molar-refractivity contribution in [3.8, 4) is 0 Å². The molecule has 1 N–H and O–H groups in total. The van der Waals surface area contributed by atoms with Crippen molar-refractivity contribution >= 4 is 33.4 Å². The molecule has 0 bridgehead atoms. The number of hydrogen-bond acceptors (Lipinski definition) is 3. The lowest BCUT2D eigenvalue weighted by atomic mass is 10.3. The van der Waals surface area contributed by atoms with Crippen LogP contribution in [0.25, 0.3) is 10.2 Å². The number of para-hydroxylation sites is 1. The molecule has 0 aliphatic carbocycles. The normalized spacial score (nSPS) is 12.6. The smallest absolute Gasteiger partial charge is 0.327 e. The van der Waals surface area contributed by atoms with Crippen LogP contribution >= 0.6 is 11.3 Å². The molecule has 0 saturated carbocycles. The van der Waals surface area contributed by atoms with Crippen LogP contribution in [0.3, 0.4) is 0 Å². The van der Waals surface area contributed by atoms with Crippen molar-refractivity contribution in [2.24, 2.45) is 4.99 Å². The van der Waals surface area contributed by atoms with Gasteiger partial charge < -0.3 is 9.88 Å². The molecule has 0 fully saturated rings. The highest BCUT2D eigenvalue weighted by molar-refractivity contribution is 7.16. The summed E-state index contributed by atoms with van der Waals surface area (Å²) < 4.78 is 38.5. The number of rotatable bonds is 3. The minimum atomic E-state index is -4.50. The van der Waals surface area contributed by atoms with Crippen molar-refractivity contribution in [3.05, 3.63) is 29.1 Å². The van der Waals surface area contributed by atoms with Crippen molar-refractivity contribution < 1.29 is 22.8 Å². The summed E-state index contributed by atoms with van der Waals surface area (Å²) in [5.41, 5.74) is 0.699. The lowest BCUT2D eigenvalue weighted by Gasteiger charge is -2.05. The number of benzene rings is 1. The molecule has 2 rings (SSSR count). The fourth-order valence-corrected chi connectivity index (χ4v) is 2.81. The van der Waals surface area contributed by atoms with E-state index in [1.807, 2.05) is 0 Å². The van der Waals surface area contributed by atoms with Gasteiger partial charge in [-0.3, -0.25) is 4.79 Å². The van der Waals surface area contributed by atoms with E-state index in [4.69, 9.17) is 0 Å². The molecule has 0 saturated heterocycles. The molecule has 0 aliphatic rings. The lowest BCUT2D eigenvalue weighted by Crippen LogP contribution is -2.33. The second-order valence-electron chi connectivity index (χ2n) is 4.53. The van der Waals surface area contributed by atoms with Gasteiger partial charge in [0, 0.05) is 0 Å². The third-order valence-corrected chi connectivity index (χ3v) is 3.67. The Hall–Kier alpha value is -2.16. The second-order valence-corrected chi connectivity index (χ2v) is 5.54. The SMILES string of the molecule is CC(=O)Cn1c(=NC(=O)NCC(F)(F)F)sc2ccccc21. The van der Waals surface area contributed by atoms with Crippen LogP contribution in [-0.2, 0) is 11.3 Å². The van der Waals surface area contributed by atoms with Crippen molar-refractivity contribution in [3.63, 3.8) is 0 Å². The predicted octanol–water partition coefficient (Wildman–Crippen LogP) is 2.46. The highest BCUT2D eigenvalue weighted by Crippen LogP contribution is 2.16. The van der Waals surface area contributed by atoms with Gasteiger partial charge in [-0.1, -0.05) is 23.5 Å². The third kappa shape index (κ3) is 4.17. The standard InChI is InChI=1S/C13H12F3N3O2S/c1-8(20)6-19-9-4-2-3-5-10(9)22-12(19)18-11(21)17-7-13(14,15)16/h2-5H,6-7H2,1H3,(H,17,21). The molecule has 118 valence electrons. The number of carbonyl (C=O) groups is 2. The molecule has 0 atom stereocenters. The van der Waals surface area contributed by atoms with Gasteiger partial charge in [0.15, 0.2) is 4.80 Å². The molecule has 1 heterocycles. The molecule has 2 aromatic rings. The number of Topliss-reactive ketones (excluding diaryl/α,β-unsaturated/α-hetero) is 1. The summed E-state index contributed by atoms with van der Waals surface area (Å²) in [6, 6.07) is 5.98. The number of thiazole rings is 1. The van der Waals surface area contributed by atoms with Crippen LogP contribution < -0.4 is 10.1 Å². The molecule has 0 unspecified atom stereocenters. The number of nitrogens with zero attached hydrogens (tertiary/aromatic N) is 2. The summed E-state index contributed by atoms with van der Waals surface area (Å²) >= 11 is 1.13. The first-order valence-corrected chi connectivity index (χ1v) is 7.05. The molecule has 5 nitrogen and oxygen atoms in total. The highest BCUT2D eigenvalue weighted by atomic mass is 32.1. The largest absolute Gasteiger partial charge is 0.405 e. The van der Waals surface area contributed by atoms with E-state index in [0.717, 1.165) is 16.0 Å². The molecule has 0 radical (unpaired) electrons. The van der Waals surface area contributed by atoms with Crippen molar-refractivity contribution in [1.82, 2.24) is 9.88 Å².